The van der Waals surface area contributed by atoms with Gasteiger partial charge in [0.1, 0.15) is 5.52 Å². The van der Waals surface area contributed by atoms with Crippen LogP contribution >= 0.6 is 0 Å². The summed E-state index contributed by atoms with van der Waals surface area (Å²) in [5.74, 6) is 0.603. The second-order valence-electron chi connectivity index (χ2n) is 6.08. The van der Waals surface area contributed by atoms with E-state index in [1.807, 2.05) is 4.68 Å². The number of hydrogen-bond acceptors (Lipinski definition) is 3. The van der Waals surface area contributed by atoms with E-state index in [0.717, 1.165) is 23.5 Å². The Morgan fingerprint density at radius 3 is 2.67 bits per heavy atom. The van der Waals surface area contributed by atoms with Crippen LogP contribution in [0.2, 0.25) is 0 Å². The summed E-state index contributed by atoms with van der Waals surface area (Å²) in [7, 11) is 0. The molecule has 1 aliphatic rings. The van der Waals surface area contributed by atoms with Crippen molar-refractivity contribution in [3.63, 3.8) is 0 Å². The van der Waals surface area contributed by atoms with Crippen LogP contribution in [0.3, 0.4) is 0 Å². The molecule has 0 aliphatic heterocycles. The van der Waals surface area contributed by atoms with Gasteiger partial charge in [0, 0.05) is 6.54 Å². The zero-order valence-corrected chi connectivity index (χ0v) is 12.3. The van der Waals surface area contributed by atoms with E-state index >= 15 is 0 Å². The lowest BCUT2D eigenvalue weighted by molar-refractivity contribution is 0.0697. The van der Waals surface area contributed by atoms with Gasteiger partial charge >= 0.3 is 5.97 Å². The minimum absolute atomic E-state index is 0.292. The minimum atomic E-state index is -0.909. The van der Waals surface area contributed by atoms with E-state index in [9.17, 15) is 4.79 Å². The van der Waals surface area contributed by atoms with E-state index in [4.69, 9.17) is 5.11 Å². The van der Waals surface area contributed by atoms with Gasteiger partial charge in [0.25, 0.3) is 0 Å². The van der Waals surface area contributed by atoms with E-state index in [1.54, 1.807) is 18.2 Å². The predicted octanol–water partition coefficient (Wildman–Crippen LogP) is 3.35. The first-order valence-electron chi connectivity index (χ1n) is 7.74. The molecule has 0 amide bonds. The van der Waals surface area contributed by atoms with E-state index in [-0.39, 0.29) is 0 Å². The van der Waals surface area contributed by atoms with Crippen molar-refractivity contribution in [1.29, 1.82) is 0 Å². The summed E-state index contributed by atoms with van der Waals surface area (Å²) in [6.45, 7) is 3.11. The molecule has 5 nitrogen and oxygen atoms in total. The number of hydrogen-bond donors (Lipinski definition) is 1. The number of aromatic nitrogens is 3. The maximum absolute atomic E-state index is 11.1. The largest absolute Gasteiger partial charge is 0.478 e. The lowest BCUT2D eigenvalue weighted by atomic mass is 9.81. The van der Waals surface area contributed by atoms with Crippen molar-refractivity contribution in [3.05, 3.63) is 23.8 Å². The van der Waals surface area contributed by atoms with Crippen LogP contribution in [0.25, 0.3) is 11.0 Å². The van der Waals surface area contributed by atoms with Crippen LogP contribution < -0.4 is 0 Å². The van der Waals surface area contributed by atoms with Crippen LogP contribution in [-0.4, -0.2) is 26.1 Å². The summed E-state index contributed by atoms with van der Waals surface area (Å²) in [6, 6.07) is 4.99. The Labute approximate surface area is 124 Å². The number of aromatic carboxylic acids is 1. The zero-order valence-electron chi connectivity index (χ0n) is 12.3. The van der Waals surface area contributed by atoms with Crippen molar-refractivity contribution < 1.29 is 9.90 Å². The Hall–Kier alpha value is -1.91. The Balaban J connectivity index is 1.78. The summed E-state index contributed by atoms with van der Waals surface area (Å²) in [5, 5.41) is 17.4. The molecule has 1 aliphatic carbocycles. The van der Waals surface area contributed by atoms with Gasteiger partial charge in [-0.25, -0.2) is 9.48 Å². The van der Waals surface area contributed by atoms with Crippen molar-refractivity contribution in [2.24, 2.45) is 11.8 Å². The molecule has 1 heterocycles. The van der Waals surface area contributed by atoms with Crippen LogP contribution in [0.4, 0.5) is 0 Å². The average Bonchev–Trinajstić information content (AvgIpc) is 2.90. The monoisotopic (exact) mass is 287 g/mol. The maximum atomic E-state index is 11.1. The molecular weight excluding hydrogens is 266 g/mol. The first-order chi connectivity index (χ1) is 10.2. The smallest absolute Gasteiger partial charge is 0.335 e. The highest BCUT2D eigenvalue weighted by Gasteiger charge is 2.21. The van der Waals surface area contributed by atoms with Gasteiger partial charge in [-0.3, -0.25) is 0 Å². The Kier molecular flexibility index (Phi) is 3.90. The molecule has 0 atom stereocenters. The third kappa shape index (κ3) is 2.91. The van der Waals surface area contributed by atoms with Gasteiger partial charge in [-0.15, -0.1) is 5.10 Å². The fourth-order valence-corrected chi connectivity index (χ4v) is 3.30. The summed E-state index contributed by atoms with van der Waals surface area (Å²) >= 11 is 0. The van der Waals surface area contributed by atoms with E-state index < -0.39 is 5.97 Å². The molecule has 0 unspecified atom stereocenters. The highest BCUT2D eigenvalue weighted by Crippen LogP contribution is 2.31. The molecule has 2 aromatic rings. The molecule has 1 aromatic heterocycles. The van der Waals surface area contributed by atoms with Crippen LogP contribution in [0, 0.1) is 11.8 Å². The van der Waals surface area contributed by atoms with Crippen LogP contribution in [-0.2, 0) is 6.54 Å². The average molecular weight is 287 g/mol. The number of fused-ring (bicyclic) bond motifs is 1. The molecule has 0 bridgehead atoms. The third-order valence-corrected chi connectivity index (χ3v) is 4.74. The first kappa shape index (κ1) is 14.0. The number of carboxylic acids is 1. The summed E-state index contributed by atoms with van der Waals surface area (Å²) < 4.78 is 1.87. The first-order valence-corrected chi connectivity index (χ1v) is 7.74. The summed E-state index contributed by atoms with van der Waals surface area (Å²) in [4.78, 5) is 11.1. The summed E-state index contributed by atoms with van der Waals surface area (Å²) in [6.07, 6.45) is 6.35. The number of benzene rings is 1. The lowest BCUT2D eigenvalue weighted by Gasteiger charge is -2.27. The standard InChI is InChI=1S/C16H21N3O2/c1-2-11-3-5-12(6-4-11)10-19-15-9-13(16(20)21)7-8-14(15)17-18-19/h7-9,11-12H,2-6,10H2,1H3,(H,20,21). The second-order valence-corrected chi connectivity index (χ2v) is 6.08. The Bertz CT molecular complexity index is 642. The van der Waals surface area contributed by atoms with Gasteiger partial charge in [-0.05, 0) is 42.9 Å². The van der Waals surface area contributed by atoms with Crippen LogP contribution in [0.15, 0.2) is 18.2 Å². The van der Waals surface area contributed by atoms with E-state index in [0.29, 0.717) is 11.5 Å². The minimum Gasteiger partial charge on any atom is -0.478 e. The molecule has 5 heteroatoms. The van der Waals surface area contributed by atoms with Gasteiger partial charge in [-0.1, -0.05) is 31.4 Å². The van der Waals surface area contributed by atoms with Gasteiger partial charge in [0.15, 0.2) is 0 Å². The number of carbonyl (C=O) groups is 1. The Morgan fingerprint density at radius 2 is 2.00 bits per heavy atom. The van der Waals surface area contributed by atoms with Crippen molar-refractivity contribution >= 4 is 17.0 Å². The van der Waals surface area contributed by atoms with Crippen molar-refractivity contribution in [2.45, 2.75) is 45.6 Å². The van der Waals surface area contributed by atoms with Crippen molar-refractivity contribution in [3.8, 4) is 0 Å². The molecule has 0 spiro atoms. The fourth-order valence-electron chi connectivity index (χ4n) is 3.30. The van der Waals surface area contributed by atoms with Crippen molar-refractivity contribution in [1.82, 2.24) is 15.0 Å². The normalized spacial score (nSPS) is 22.5. The molecule has 1 aromatic carbocycles. The second kappa shape index (κ2) is 5.84. The van der Waals surface area contributed by atoms with Gasteiger partial charge in [0.2, 0.25) is 0 Å². The number of nitrogens with zero attached hydrogens (tertiary/aromatic N) is 3. The molecule has 21 heavy (non-hydrogen) atoms. The molecule has 0 radical (unpaired) electrons. The number of rotatable bonds is 4. The zero-order chi connectivity index (χ0) is 14.8. The van der Waals surface area contributed by atoms with E-state index in [2.05, 4.69) is 17.2 Å². The topological polar surface area (TPSA) is 68.0 Å². The van der Waals surface area contributed by atoms with Crippen molar-refractivity contribution in [2.75, 3.05) is 0 Å². The SMILES string of the molecule is CCC1CCC(Cn2nnc3ccc(C(=O)O)cc32)CC1. The quantitative estimate of drug-likeness (QED) is 0.936. The molecule has 3 rings (SSSR count). The predicted molar refractivity (Wildman–Crippen MR) is 80.2 cm³/mol. The number of carboxylic acid groups (broad SMARTS) is 1. The Morgan fingerprint density at radius 1 is 1.29 bits per heavy atom. The molecule has 1 fully saturated rings. The highest BCUT2D eigenvalue weighted by atomic mass is 16.4. The van der Waals surface area contributed by atoms with Crippen LogP contribution in [0.1, 0.15) is 49.4 Å². The molecule has 1 N–H and O–H groups in total. The highest BCUT2D eigenvalue weighted by molar-refractivity contribution is 5.92. The van der Waals surface area contributed by atoms with E-state index in [1.165, 1.54) is 32.1 Å². The fraction of sp³-hybridized carbons (Fsp3) is 0.562. The lowest BCUT2D eigenvalue weighted by Crippen LogP contribution is -2.19. The maximum Gasteiger partial charge on any atom is 0.335 e. The summed E-state index contributed by atoms with van der Waals surface area (Å²) in [5.41, 5.74) is 1.88. The van der Waals surface area contributed by atoms with Gasteiger partial charge < -0.3 is 5.11 Å². The van der Waals surface area contributed by atoms with Gasteiger partial charge in [0.05, 0.1) is 11.1 Å². The van der Waals surface area contributed by atoms with Crippen LogP contribution in [0.5, 0.6) is 0 Å². The van der Waals surface area contributed by atoms with Gasteiger partial charge in [-0.2, -0.15) is 0 Å². The third-order valence-electron chi connectivity index (χ3n) is 4.74. The molecule has 0 saturated heterocycles. The molecular formula is C16H21N3O2. The molecule has 1 saturated carbocycles. The molecule has 112 valence electrons.